The van der Waals surface area contributed by atoms with E-state index in [1.165, 1.54) is 53.7 Å². The van der Waals surface area contributed by atoms with E-state index in [1.807, 2.05) is 6.92 Å². The Balaban J connectivity index is 1.91. The van der Waals surface area contributed by atoms with Crippen molar-refractivity contribution in [2.24, 2.45) is 11.8 Å². The van der Waals surface area contributed by atoms with E-state index in [0.717, 1.165) is 10.6 Å². The first-order chi connectivity index (χ1) is 12.6. The lowest BCUT2D eigenvalue weighted by molar-refractivity contribution is -0.757. The second-order valence-corrected chi connectivity index (χ2v) is 10.6. The van der Waals surface area contributed by atoms with Crippen LogP contribution in [-0.4, -0.2) is 39.7 Å². The Morgan fingerprint density at radius 2 is 1.92 bits per heavy atom. The first-order valence-electron chi connectivity index (χ1n) is 9.47. The van der Waals surface area contributed by atoms with Crippen LogP contribution in [0.5, 0.6) is 0 Å². The fourth-order valence-electron chi connectivity index (χ4n) is 4.56. The van der Waals surface area contributed by atoms with E-state index in [9.17, 15) is 10.1 Å². The lowest BCUT2D eigenvalue weighted by atomic mass is 9.63. The van der Waals surface area contributed by atoms with Crippen molar-refractivity contribution in [3.05, 3.63) is 25.7 Å². The Kier molecular flexibility index (Phi) is 7.13. The van der Waals surface area contributed by atoms with Gasteiger partial charge in [-0.1, -0.05) is 13.3 Å². The minimum Gasteiger partial charge on any atom is -0.314 e. The number of rotatable bonds is 9. The maximum atomic E-state index is 10.4. The Bertz CT molecular complexity index is 595. The lowest BCUT2D eigenvalue weighted by Gasteiger charge is -2.42. The molecule has 1 aromatic rings. The van der Waals surface area contributed by atoms with Gasteiger partial charge in [0.2, 0.25) is 0 Å². The van der Waals surface area contributed by atoms with Gasteiger partial charge in [0, 0.05) is 16.7 Å². The van der Waals surface area contributed by atoms with Crippen molar-refractivity contribution < 1.29 is 9.92 Å². The van der Waals surface area contributed by atoms with Crippen LogP contribution in [-0.2, 0) is 16.7 Å². The van der Waals surface area contributed by atoms with Gasteiger partial charge >= 0.3 is 0 Å². The molecule has 5 nitrogen and oxygen atoms in total. The maximum Gasteiger partial charge on any atom is 0.294 e. The van der Waals surface area contributed by atoms with E-state index in [4.69, 9.17) is 4.98 Å². The standard InChI is InChI=1S/C18H28N2O3S3/c1-3-7-18(14-5-9-24-11-14,15-6-10-25-12-15)17-19-13(2)16(26-17)4-8-23-20(21)22/h14-15H,3-12H2,1-2H3. The molecule has 2 saturated heterocycles. The van der Waals surface area contributed by atoms with E-state index >= 15 is 0 Å². The molecule has 0 spiro atoms. The minimum absolute atomic E-state index is 0.120. The molecular formula is C18H28N2O3S3. The third kappa shape index (κ3) is 4.17. The van der Waals surface area contributed by atoms with E-state index in [-0.39, 0.29) is 12.0 Å². The average Bonchev–Trinajstić information content (AvgIpc) is 3.35. The Morgan fingerprint density at radius 1 is 1.27 bits per heavy atom. The number of hydrogen-bond donors (Lipinski definition) is 0. The van der Waals surface area contributed by atoms with Gasteiger partial charge in [0.25, 0.3) is 5.09 Å². The number of aryl methyl sites for hydroxylation is 1. The zero-order valence-corrected chi connectivity index (χ0v) is 18.0. The maximum absolute atomic E-state index is 10.4. The van der Waals surface area contributed by atoms with E-state index in [2.05, 4.69) is 35.3 Å². The minimum atomic E-state index is -0.704. The number of hydrogen-bond acceptors (Lipinski definition) is 7. The number of thiazole rings is 1. The molecule has 0 radical (unpaired) electrons. The number of aromatic nitrogens is 1. The van der Waals surface area contributed by atoms with Crippen molar-refractivity contribution in [2.45, 2.75) is 51.4 Å². The fraction of sp³-hybridized carbons (Fsp3) is 0.833. The van der Waals surface area contributed by atoms with Crippen LogP contribution in [0.3, 0.4) is 0 Å². The third-order valence-corrected chi connectivity index (χ3v) is 9.53. The summed E-state index contributed by atoms with van der Waals surface area (Å²) in [5.41, 5.74) is 1.23. The molecule has 2 aliphatic rings. The zero-order valence-electron chi connectivity index (χ0n) is 15.6. The normalized spacial score (nSPS) is 25.3. The van der Waals surface area contributed by atoms with Crippen molar-refractivity contribution in [1.82, 2.24) is 4.98 Å². The van der Waals surface area contributed by atoms with Crippen LogP contribution in [0.25, 0.3) is 0 Å². The third-order valence-electron chi connectivity index (χ3n) is 5.80. The van der Waals surface area contributed by atoms with E-state index in [1.54, 1.807) is 11.3 Å². The molecule has 8 heteroatoms. The predicted octanol–water partition coefficient (Wildman–Crippen LogP) is 4.75. The first kappa shape index (κ1) is 20.3. The van der Waals surface area contributed by atoms with Gasteiger partial charge in [-0.2, -0.15) is 23.5 Å². The summed E-state index contributed by atoms with van der Waals surface area (Å²) in [5, 5.41) is 11.0. The van der Waals surface area contributed by atoms with Crippen LogP contribution in [0, 0.1) is 28.9 Å². The number of nitrogens with zero attached hydrogens (tertiary/aromatic N) is 2. The van der Waals surface area contributed by atoms with Gasteiger partial charge in [-0.15, -0.1) is 21.5 Å². The highest BCUT2D eigenvalue weighted by Crippen LogP contribution is 2.53. The van der Waals surface area contributed by atoms with Gasteiger partial charge in [0.05, 0.1) is 10.7 Å². The Labute approximate surface area is 168 Å². The van der Waals surface area contributed by atoms with Gasteiger partial charge in [0.1, 0.15) is 6.61 Å². The molecule has 3 heterocycles. The summed E-state index contributed by atoms with van der Waals surface area (Å²) in [7, 11) is 0. The van der Waals surface area contributed by atoms with Crippen LogP contribution in [0.15, 0.2) is 0 Å². The van der Waals surface area contributed by atoms with Crippen LogP contribution in [0.1, 0.15) is 48.2 Å². The van der Waals surface area contributed by atoms with Crippen LogP contribution in [0.4, 0.5) is 0 Å². The second-order valence-electron chi connectivity index (χ2n) is 7.25. The summed E-state index contributed by atoms with van der Waals surface area (Å²) >= 11 is 5.98. The highest BCUT2D eigenvalue weighted by molar-refractivity contribution is 7.99. The topological polar surface area (TPSA) is 65.3 Å². The van der Waals surface area contributed by atoms with Crippen molar-refractivity contribution in [1.29, 1.82) is 0 Å². The van der Waals surface area contributed by atoms with E-state index in [0.29, 0.717) is 18.3 Å². The van der Waals surface area contributed by atoms with Crippen molar-refractivity contribution in [3.63, 3.8) is 0 Å². The van der Waals surface area contributed by atoms with Crippen molar-refractivity contribution in [2.75, 3.05) is 29.6 Å². The summed E-state index contributed by atoms with van der Waals surface area (Å²) < 4.78 is 0. The molecule has 1 aromatic heterocycles. The molecule has 0 amide bonds. The quantitative estimate of drug-likeness (QED) is 0.428. The van der Waals surface area contributed by atoms with Crippen LogP contribution >= 0.6 is 34.9 Å². The fourth-order valence-corrected chi connectivity index (χ4v) is 8.72. The summed E-state index contributed by atoms with van der Waals surface area (Å²) in [6.07, 6.45) is 5.56. The molecule has 2 fully saturated rings. The highest BCUT2D eigenvalue weighted by atomic mass is 32.2. The van der Waals surface area contributed by atoms with Crippen molar-refractivity contribution >= 4 is 34.9 Å². The average molecular weight is 417 g/mol. The van der Waals surface area contributed by atoms with Crippen molar-refractivity contribution in [3.8, 4) is 0 Å². The summed E-state index contributed by atoms with van der Waals surface area (Å²) in [4.78, 5) is 21.2. The summed E-state index contributed by atoms with van der Waals surface area (Å²) in [5.74, 6) is 6.46. The molecule has 0 aromatic carbocycles. The van der Waals surface area contributed by atoms with E-state index < -0.39 is 5.09 Å². The summed E-state index contributed by atoms with van der Waals surface area (Å²) in [6.45, 7) is 4.46. The first-order valence-corrected chi connectivity index (χ1v) is 12.6. The lowest BCUT2D eigenvalue weighted by Crippen LogP contribution is -2.43. The Hall–Kier alpha value is -0.470. The molecule has 0 saturated carbocycles. The van der Waals surface area contributed by atoms with Gasteiger partial charge in [-0.25, -0.2) is 4.98 Å². The SMILES string of the molecule is CCCC(c1nc(C)c(CCO[N+](=O)[O-])s1)(C1CCSC1)C1CCSC1. The van der Waals surface area contributed by atoms with Gasteiger partial charge < -0.3 is 4.84 Å². The van der Waals surface area contributed by atoms with Gasteiger partial charge in [-0.05, 0) is 61.0 Å². The molecule has 26 heavy (non-hydrogen) atoms. The summed E-state index contributed by atoms with van der Waals surface area (Å²) in [6, 6.07) is 0. The largest absolute Gasteiger partial charge is 0.314 e. The molecular weight excluding hydrogens is 388 g/mol. The smallest absolute Gasteiger partial charge is 0.294 e. The molecule has 2 aliphatic heterocycles. The van der Waals surface area contributed by atoms with Gasteiger partial charge in [0.15, 0.2) is 0 Å². The second kappa shape index (κ2) is 9.15. The molecule has 0 N–H and O–H groups in total. The Morgan fingerprint density at radius 3 is 2.42 bits per heavy atom. The number of thioether (sulfide) groups is 2. The monoisotopic (exact) mass is 416 g/mol. The molecule has 2 unspecified atom stereocenters. The molecule has 2 atom stereocenters. The highest BCUT2D eigenvalue weighted by Gasteiger charge is 2.50. The molecule has 0 aliphatic carbocycles. The zero-order chi connectivity index (χ0) is 18.6. The van der Waals surface area contributed by atoms with Crippen LogP contribution < -0.4 is 0 Å². The van der Waals surface area contributed by atoms with Gasteiger partial charge in [-0.3, -0.25) is 0 Å². The molecule has 146 valence electrons. The molecule has 0 bridgehead atoms. The predicted molar refractivity (Wildman–Crippen MR) is 111 cm³/mol. The van der Waals surface area contributed by atoms with Crippen LogP contribution in [0.2, 0.25) is 0 Å². The molecule has 3 rings (SSSR count).